The second kappa shape index (κ2) is 5.10. The van der Waals surface area contributed by atoms with Gasteiger partial charge in [-0.2, -0.15) is 5.10 Å². The standard InChI is InChI=1S/C11H16N6O/c1-8-3-10(14-16(8)2)7-17-6-9(4-11(17)18)5-13-15-12/h3,9H,4-7H2,1-2H3. The van der Waals surface area contributed by atoms with Gasteiger partial charge in [0.05, 0.1) is 12.2 Å². The molecular formula is C11H16N6O. The summed E-state index contributed by atoms with van der Waals surface area (Å²) in [6.45, 7) is 3.55. The third-order valence-electron chi connectivity index (χ3n) is 3.21. The first-order valence-corrected chi connectivity index (χ1v) is 5.88. The number of hydrogen-bond acceptors (Lipinski definition) is 3. The molecule has 0 spiro atoms. The molecule has 0 radical (unpaired) electrons. The quantitative estimate of drug-likeness (QED) is 0.458. The van der Waals surface area contributed by atoms with Crippen molar-refractivity contribution in [3.05, 3.63) is 27.9 Å². The third kappa shape index (κ3) is 2.62. The zero-order chi connectivity index (χ0) is 13.1. The molecule has 0 aromatic carbocycles. The second-order valence-electron chi connectivity index (χ2n) is 4.66. The molecule has 2 rings (SSSR count). The lowest BCUT2D eigenvalue weighted by Crippen LogP contribution is -2.25. The molecule has 2 heterocycles. The van der Waals surface area contributed by atoms with Crippen molar-refractivity contribution in [2.24, 2.45) is 18.1 Å². The first kappa shape index (κ1) is 12.4. The molecule has 0 saturated carbocycles. The Morgan fingerprint density at radius 2 is 2.44 bits per heavy atom. The summed E-state index contributed by atoms with van der Waals surface area (Å²) in [5, 5.41) is 7.87. The van der Waals surface area contributed by atoms with Crippen LogP contribution in [0.2, 0.25) is 0 Å². The van der Waals surface area contributed by atoms with Crippen LogP contribution in [-0.4, -0.2) is 33.7 Å². The van der Waals surface area contributed by atoms with Crippen molar-refractivity contribution >= 4 is 5.91 Å². The Hall–Kier alpha value is -2.01. The fourth-order valence-corrected chi connectivity index (χ4v) is 2.19. The second-order valence-corrected chi connectivity index (χ2v) is 4.66. The number of aromatic nitrogens is 2. The summed E-state index contributed by atoms with van der Waals surface area (Å²) in [7, 11) is 1.88. The van der Waals surface area contributed by atoms with Crippen LogP contribution in [0.25, 0.3) is 10.4 Å². The van der Waals surface area contributed by atoms with Gasteiger partial charge in [0.1, 0.15) is 0 Å². The summed E-state index contributed by atoms with van der Waals surface area (Å²) >= 11 is 0. The molecule has 1 aromatic rings. The zero-order valence-electron chi connectivity index (χ0n) is 10.6. The molecule has 1 unspecified atom stereocenters. The summed E-state index contributed by atoms with van der Waals surface area (Å²) in [6, 6.07) is 1.98. The summed E-state index contributed by atoms with van der Waals surface area (Å²) in [5.41, 5.74) is 10.2. The minimum absolute atomic E-state index is 0.108. The molecule has 1 atom stereocenters. The van der Waals surface area contributed by atoms with E-state index >= 15 is 0 Å². The van der Waals surface area contributed by atoms with E-state index < -0.39 is 0 Å². The van der Waals surface area contributed by atoms with E-state index in [-0.39, 0.29) is 11.8 Å². The van der Waals surface area contributed by atoms with Crippen molar-refractivity contribution in [2.45, 2.75) is 19.9 Å². The smallest absolute Gasteiger partial charge is 0.223 e. The van der Waals surface area contributed by atoms with Gasteiger partial charge in [-0.15, -0.1) is 0 Å². The van der Waals surface area contributed by atoms with Gasteiger partial charge in [0.2, 0.25) is 5.91 Å². The van der Waals surface area contributed by atoms with Crippen LogP contribution >= 0.6 is 0 Å². The van der Waals surface area contributed by atoms with Crippen LogP contribution in [0.4, 0.5) is 0 Å². The number of hydrogen-bond donors (Lipinski definition) is 0. The first-order valence-electron chi connectivity index (χ1n) is 5.88. The Morgan fingerprint density at radius 3 is 3.06 bits per heavy atom. The van der Waals surface area contributed by atoms with E-state index in [0.717, 1.165) is 11.4 Å². The predicted octanol–water partition coefficient (Wildman–Crippen LogP) is 1.39. The molecule has 7 nitrogen and oxygen atoms in total. The lowest BCUT2D eigenvalue weighted by Gasteiger charge is -2.14. The lowest BCUT2D eigenvalue weighted by atomic mass is 10.1. The van der Waals surface area contributed by atoms with Crippen LogP contribution in [0.3, 0.4) is 0 Å². The van der Waals surface area contributed by atoms with Gasteiger partial charge in [-0.05, 0) is 24.4 Å². The van der Waals surface area contributed by atoms with Gasteiger partial charge in [0, 0.05) is 37.2 Å². The summed E-state index contributed by atoms with van der Waals surface area (Å²) in [5.74, 6) is 0.245. The normalized spacial score (nSPS) is 19.1. The molecular weight excluding hydrogens is 232 g/mol. The Balaban J connectivity index is 1.98. The highest BCUT2D eigenvalue weighted by molar-refractivity contribution is 5.78. The van der Waals surface area contributed by atoms with Gasteiger partial charge in [-0.3, -0.25) is 9.48 Å². The van der Waals surface area contributed by atoms with Gasteiger partial charge >= 0.3 is 0 Å². The van der Waals surface area contributed by atoms with Gasteiger partial charge in [-0.25, -0.2) is 0 Å². The minimum Gasteiger partial charge on any atom is -0.336 e. The number of aryl methyl sites for hydroxylation is 2. The van der Waals surface area contributed by atoms with E-state index in [9.17, 15) is 4.79 Å². The maximum Gasteiger partial charge on any atom is 0.223 e. The summed E-state index contributed by atoms with van der Waals surface area (Å²) < 4.78 is 1.80. The fourth-order valence-electron chi connectivity index (χ4n) is 2.19. The molecule has 0 N–H and O–H groups in total. The Labute approximate surface area is 105 Å². The molecule has 0 aliphatic carbocycles. The number of rotatable bonds is 4. The number of carbonyl (C=O) groups excluding carboxylic acids is 1. The first-order chi connectivity index (χ1) is 8.60. The molecule has 1 aromatic heterocycles. The van der Waals surface area contributed by atoms with Crippen LogP contribution in [0.15, 0.2) is 11.2 Å². The van der Waals surface area contributed by atoms with E-state index in [0.29, 0.717) is 26.1 Å². The van der Waals surface area contributed by atoms with Crippen LogP contribution in [-0.2, 0) is 18.4 Å². The van der Waals surface area contributed by atoms with Crippen molar-refractivity contribution in [3.63, 3.8) is 0 Å². The average molecular weight is 248 g/mol. The van der Waals surface area contributed by atoms with Crippen molar-refractivity contribution < 1.29 is 4.79 Å². The van der Waals surface area contributed by atoms with Crippen LogP contribution in [0.5, 0.6) is 0 Å². The van der Waals surface area contributed by atoms with Crippen molar-refractivity contribution in [2.75, 3.05) is 13.1 Å². The van der Waals surface area contributed by atoms with Crippen molar-refractivity contribution in [3.8, 4) is 0 Å². The van der Waals surface area contributed by atoms with Crippen LogP contribution < -0.4 is 0 Å². The van der Waals surface area contributed by atoms with E-state index in [1.54, 1.807) is 9.58 Å². The maximum absolute atomic E-state index is 11.8. The molecule has 1 aliphatic rings. The number of carbonyl (C=O) groups is 1. The average Bonchev–Trinajstić information content (AvgIpc) is 2.81. The maximum atomic E-state index is 11.8. The van der Waals surface area contributed by atoms with E-state index in [1.807, 2.05) is 20.0 Å². The Bertz CT molecular complexity index is 482. The number of azide groups is 1. The monoisotopic (exact) mass is 248 g/mol. The van der Waals surface area contributed by atoms with Gasteiger partial charge in [0.25, 0.3) is 0 Å². The van der Waals surface area contributed by atoms with Gasteiger partial charge in [-0.1, -0.05) is 5.11 Å². The van der Waals surface area contributed by atoms with Crippen molar-refractivity contribution in [1.29, 1.82) is 0 Å². The van der Waals surface area contributed by atoms with E-state index in [2.05, 4.69) is 15.1 Å². The minimum atomic E-state index is 0.108. The van der Waals surface area contributed by atoms with Gasteiger partial charge in [0.15, 0.2) is 0 Å². The molecule has 1 amide bonds. The van der Waals surface area contributed by atoms with E-state index in [1.165, 1.54) is 0 Å². The number of likely N-dealkylation sites (tertiary alicyclic amines) is 1. The zero-order valence-corrected chi connectivity index (χ0v) is 10.6. The van der Waals surface area contributed by atoms with Crippen molar-refractivity contribution in [1.82, 2.24) is 14.7 Å². The molecule has 7 heteroatoms. The lowest BCUT2D eigenvalue weighted by molar-refractivity contribution is -0.128. The Morgan fingerprint density at radius 1 is 1.67 bits per heavy atom. The summed E-state index contributed by atoms with van der Waals surface area (Å²) in [6.07, 6.45) is 0.463. The molecule has 18 heavy (non-hydrogen) atoms. The highest BCUT2D eigenvalue weighted by Gasteiger charge is 2.29. The molecule has 1 aliphatic heterocycles. The molecule has 0 bridgehead atoms. The molecule has 96 valence electrons. The SMILES string of the molecule is Cc1cc(CN2CC(CN=[N+]=[N-])CC2=O)nn1C. The predicted molar refractivity (Wildman–Crippen MR) is 65.5 cm³/mol. The topological polar surface area (TPSA) is 86.9 Å². The number of nitrogens with zero attached hydrogens (tertiary/aromatic N) is 6. The Kier molecular flexibility index (Phi) is 3.53. The number of amides is 1. The summed E-state index contributed by atoms with van der Waals surface area (Å²) in [4.78, 5) is 16.3. The highest BCUT2D eigenvalue weighted by atomic mass is 16.2. The van der Waals surface area contributed by atoms with Crippen LogP contribution in [0.1, 0.15) is 17.8 Å². The third-order valence-corrected chi connectivity index (χ3v) is 3.21. The highest BCUT2D eigenvalue weighted by Crippen LogP contribution is 2.20. The van der Waals surface area contributed by atoms with E-state index in [4.69, 9.17) is 5.53 Å². The fraction of sp³-hybridized carbons (Fsp3) is 0.636. The van der Waals surface area contributed by atoms with Crippen LogP contribution in [0, 0.1) is 12.8 Å². The largest absolute Gasteiger partial charge is 0.336 e. The molecule has 1 fully saturated rings. The molecule has 1 saturated heterocycles. The van der Waals surface area contributed by atoms with Gasteiger partial charge < -0.3 is 4.90 Å².